The molecule has 0 saturated heterocycles. The minimum absolute atomic E-state index is 0.137. The van der Waals surface area contributed by atoms with E-state index in [0.717, 1.165) is 18.5 Å². The van der Waals surface area contributed by atoms with Gasteiger partial charge in [0.2, 0.25) is 5.91 Å². The van der Waals surface area contributed by atoms with E-state index in [9.17, 15) is 4.79 Å². The minimum atomic E-state index is 0.137. The zero-order valence-corrected chi connectivity index (χ0v) is 8.57. The van der Waals surface area contributed by atoms with E-state index in [4.69, 9.17) is 6.42 Å². The van der Waals surface area contributed by atoms with E-state index >= 15 is 0 Å². The summed E-state index contributed by atoms with van der Waals surface area (Å²) in [6.45, 7) is 0.371. The van der Waals surface area contributed by atoms with Crippen LogP contribution in [-0.4, -0.2) is 12.5 Å². The molecule has 0 unspecified atom stereocenters. The highest BCUT2D eigenvalue weighted by Gasteiger charge is 2.20. The van der Waals surface area contributed by atoms with E-state index in [-0.39, 0.29) is 5.91 Å². The third-order valence-corrected chi connectivity index (χ3v) is 2.67. The fraction of sp³-hybridized carbons (Fsp3) is 0.308. The molecule has 1 aliphatic heterocycles. The number of para-hydroxylation sites is 1. The highest BCUT2D eigenvalue weighted by Crippen LogP contribution is 2.26. The number of anilines is 1. The van der Waals surface area contributed by atoms with Crippen LogP contribution in [-0.2, 0) is 11.2 Å². The molecule has 1 aliphatic rings. The molecule has 0 spiro atoms. The minimum Gasteiger partial charge on any atom is -0.301 e. The summed E-state index contributed by atoms with van der Waals surface area (Å²) in [5.41, 5.74) is 2.21. The first-order valence-electron chi connectivity index (χ1n) is 5.14. The van der Waals surface area contributed by atoms with Crippen molar-refractivity contribution in [3.05, 3.63) is 29.8 Å². The molecule has 0 bridgehead atoms. The van der Waals surface area contributed by atoms with Gasteiger partial charge in [0, 0.05) is 12.1 Å². The summed E-state index contributed by atoms with van der Waals surface area (Å²) in [4.78, 5) is 13.5. The lowest BCUT2D eigenvalue weighted by molar-refractivity contribution is -0.118. The Kier molecular flexibility index (Phi) is 2.73. The van der Waals surface area contributed by atoms with Gasteiger partial charge in [-0.25, -0.2) is 0 Å². The molecule has 0 radical (unpaired) electrons. The van der Waals surface area contributed by atoms with E-state index < -0.39 is 0 Å². The normalized spacial score (nSPS) is 15.4. The number of rotatable bonds is 1. The maximum Gasteiger partial charge on any atom is 0.227 e. The summed E-state index contributed by atoms with van der Waals surface area (Å²) in [5, 5.41) is 0. The number of hydrogen-bond acceptors (Lipinski definition) is 1. The summed E-state index contributed by atoms with van der Waals surface area (Å²) < 4.78 is 0. The number of carbonyl (C=O) groups is 1. The summed E-state index contributed by atoms with van der Waals surface area (Å²) in [7, 11) is 0. The van der Waals surface area contributed by atoms with Crippen molar-refractivity contribution in [1.29, 1.82) is 0 Å². The molecule has 0 aromatic heterocycles. The van der Waals surface area contributed by atoms with Crippen LogP contribution < -0.4 is 4.90 Å². The van der Waals surface area contributed by atoms with E-state index in [0.29, 0.717) is 13.0 Å². The van der Waals surface area contributed by atoms with Crippen LogP contribution in [0.25, 0.3) is 0 Å². The van der Waals surface area contributed by atoms with Crippen molar-refractivity contribution in [2.45, 2.75) is 19.3 Å². The van der Waals surface area contributed by atoms with Crippen LogP contribution in [0, 0.1) is 12.3 Å². The van der Waals surface area contributed by atoms with Crippen LogP contribution in [0.2, 0.25) is 0 Å². The first-order chi connectivity index (χ1) is 7.33. The Morgan fingerprint density at radius 3 is 2.93 bits per heavy atom. The van der Waals surface area contributed by atoms with Crippen molar-refractivity contribution in [3.63, 3.8) is 0 Å². The van der Waals surface area contributed by atoms with Gasteiger partial charge in [-0.15, -0.1) is 6.42 Å². The Balaban J connectivity index is 2.43. The molecule has 2 heteroatoms. The lowest BCUT2D eigenvalue weighted by Gasteiger charge is -2.20. The molecule has 0 fully saturated rings. The third kappa shape index (κ3) is 1.87. The smallest absolute Gasteiger partial charge is 0.227 e. The Bertz CT molecular complexity index is 417. The van der Waals surface area contributed by atoms with Crippen molar-refractivity contribution < 1.29 is 4.79 Å². The zero-order valence-electron chi connectivity index (χ0n) is 8.57. The topological polar surface area (TPSA) is 20.3 Å². The SMILES string of the molecule is C#CCN1C(=O)CCCc2ccccc21. The number of carbonyl (C=O) groups excluding carboxylic acids is 1. The number of benzene rings is 1. The van der Waals surface area contributed by atoms with Gasteiger partial charge in [0.1, 0.15) is 0 Å². The van der Waals surface area contributed by atoms with Crippen LogP contribution in [0.5, 0.6) is 0 Å². The van der Waals surface area contributed by atoms with E-state index in [1.807, 2.05) is 18.2 Å². The largest absolute Gasteiger partial charge is 0.301 e. The molecule has 1 amide bonds. The number of nitrogens with zero attached hydrogens (tertiary/aromatic N) is 1. The molecule has 0 aliphatic carbocycles. The average molecular weight is 199 g/mol. The standard InChI is InChI=1S/C13H13NO/c1-2-10-14-12-8-4-3-6-11(12)7-5-9-13(14)15/h1,3-4,6,8H,5,7,9-10H2. The van der Waals surface area contributed by atoms with Gasteiger partial charge in [-0.2, -0.15) is 0 Å². The molecule has 0 atom stereocenters. The van der Waals surface area contributed by atoms with Crippen molar-refractivity contribution in [3.8, 4) is 12.3 Å². The molecule has 15 heavy (non-hydrogen) atoms. The maximum absolute atomic E-state index is 11.8. The van der Waals surface area contributed by atoms with Crippen molar-refractivity contribution in [2.75, 3.05) is 11.4 Å². The van der Waals surface area contributed by atoms with Gasteiger partial charge in [0.15, 0.2) is 0 Å². The Morgan fingerprint density at radius 1 is 1.33 bits per heavy atom. The second kappa shape index (κ2) is 4.18. The Labute approximate surface area is 89.9 Å². The fourth-order valence-electron chi connectivity index (χ4n) is 1.95. The maximum atomic E-state index is 11.8. The quantitative estimate of drug-likeness (QED) is 0.633. The van der Waals surface area contributed by atoms with Gasteiger partial charge < -0.3 is 4.90 Å². The highest BCUT2D eigenvalue weighted by atomic mass is 16.2. The highest BCUT2D eigenvalue weighted by molar-refractivity contribution is 5.95. The number of terminal acetylenes is 1. The lowest BCUT2D eigenvalue weighted by Crippen LogP contribution is -2.30. The summed E-state index contributed by atoms with van der Waals surface area (Å²) in [6, 6.07) is 7.98. The summed E-state index contributed by atoms with van der Waals surface area (Å²) in [6.07, 6.45) is 7.75. The zero-order chi connectivity index (χ0) is 10.7. The first kappa shape index (κ1) is 9.79. The van der Waals surface area contributed by atoms with E-state index in [2.05, 4.69) is 12.0 Å². The molecule has 1 aromatic rings. The first-order valence-corrected chi connectivity index (χ1v) is 5.14. The molecule has 0 N–H and O–H groups in total. The predicted molar refractivity (Wildman–Crippen MR) is 60.6 cm³/mol. The van der Waals surface area contributed by atoms with Crippen LogP contribution >= 0.6 is 0 Å². The Hall–Kier alpha value is -1.75. The van der Waals surface area contributed by atoms with E-state index in [1.165, 1.54) is 5.56 Å². The number of hydrogen-bond donors (Lipinski definition) is 0. The molecule has 1 aromatic carbocycles. The number of fused-ring (bicyclic) bond motifs is 1. The predicted octanol–water partition coefficient (Wildman–Crippen LogP) is 1.99. The second-order valence-electron chi connectivity index (χ2n) is 3.67. The van der Waals surface area contributed by atoms with Gasteiger partial charge in [0.25, 0.3) is 0 Å². The van der Waals surface area contributed by atoms with Crippen LogP contribution in [0.4, 0.5) is 5.69 Å². The van der Waals surface area contributed by atoms with Crippen molar-refractivity contribution in [1.82, 2.24) is 0 Å². The molecule has 0 saturated carbocycles. The summed E-state index contributed by atoms with van der Waals surface area (Å²) >= 11 is 0. The molecular formula is C13H13NO. The molecule has 1 heterocycles. The van der Waals surface area contributed by atoms with Crippen molar-refractivity contribution >= 4 is 11.6 Å². The fourth-order valence-corrected chi connectivity index (χ4v) is 1.95. The van der Waals surface area contributed by atoms with Crippen molar-refractivity contribution in [2.24, 2.45) is 0 Å². The molecular weight excluding hydrogens is 186 g/mol. The van der Waals surface area contributed by atoms with Gasteiger partial charge in [-0.1, -0.05) is 24.1 Å². The van der Waals surface area contributed by atoms with Gasteiger partial charge in [-0.3, -0.25) is 4.79 Å². The lowest BCUT2D eigenvalue weighted by atomic mass is 10.1. The Morgan fingerprint density at radius 2 is 2.13 bits per heavy atom. The van der Waals surface area contributed by atoms with Crippen LogP contribution in [0.3, 0.4) is 0 Å². The average Bonchev–Trinajstić information content (AvgIpc) is 2.40. The molecule has 76 valence electrons. The van der Waals surface area contributed by atoms with Gasteiger partial charge >= 0.3 is 0 Å². The monoisotopic (exact) mass is 199 g/mol. The number of aryl methyl sites for hydroxylation is 1. The third-order valence-electron chi connectivity index (χ3n) is 2.67. The second-order valence-corrected chi connectivity index (χ2v) is 3.67. The van der Waals surface area contributed by atoms with Gasteiger partial charge in [0.05, 0.1) is 6.54 Å². The summed E-state index contributed by atoms with van der Waals surface area (Å²) in [5.74, 6) is 2.68. The van der Waals surface area contributed by atoms with Crippen LogP contribution in [0.15, 0.2) is 24.3 Å². The molecule has 2 nitrogen and oxygen atoms in total. The van der Waals surface area contributed by atoms with Gasteiger partial charge in [-0.05, 0) is 24.5 Å². The van der Waals surface area contributed by atoms with Crippen LogP contribution in [0.1, 0.15) is 18.4 Å². The van der Waals surface area contributed by atoms with E-state index in [1.54, 1.807) is 4.90 Å². The number of amides is 1. The molecule has 2 rings (SSSR count).